The van der Waals surface area contributed by atoms with Crippen LogP contribution in [0.15, 0.2) is 42.5 Å². The molecule has 1 unspecified atom stereocenters. The van der Waals surface area contributed by atoms with Gasteiger partial charge >= 0.3 is 0 Å². The van der Waals surface area contributed by atoms with Crippen LogP contribution in [0.1, 0.15) is 37.3 Å². The summed E-state index contributed by atoms with van der Waals surface area (Å²) in [7, 11) is 4.36. The van der Waals surface area contributed by atoms with E-state index in [9.17, 15) is 0 Å². The summed E-state index contributed by atoms with van der Waals surface area (Å²) < 4.78 is 0. The molecule has 2 aromatic rings. The summed E-state index contributed by atoms with van der Waals surface area (Å²) >= 11 is 0. The molecule has 3 N–H and O–H groups in total. The van der Waals surface area contributed by atoms with Crippen molar-refractivity contribution in [1.29, 1.82) is 0 Å². The van der Waals surface area contributed by atoms with Crippen molar-refractivity contribution in [3.8, 4) is 0 Å². The third-order valence-electron chi connectivity index (χ3n) is 5.20. The largest absolute Gasteiger partial charge is 0.302 e. The summed E-state index contributed by atoms with van der Waals surface area (Å²) in [5, 5.41) is 2.58. The average Bonchev–Trinajstić information content (AvgIpc) is 2.99. The standard InChI is InChI=1S/C18H25N3/c1-21(2)18(12-5-6-13-18)17(20-19)16-11-7-9-14-8-3-4-10-15(14)16/h3-4,7-11,17,20H,5-6,12-13,19H2,1-2H3. The summed E-state index contributed by atoms with van der Waals surface area (Å²) in [4.78, 5) is 2.37. The first-order valence-corrected chi connectivity index (χ1v) is 7.80. The lowest BCUT2D eigenvalue weighted by Crippen LogP contribution is -2.53. The number of nitrogens with zero attached hydrogens (tertiary/aromatic N) is 1. The SMILES string of the molecule is CN(C)C1(C(NN)c2cccc3ccccc23)CCCC1. The number of hydrogen-bond donors (Lipinski definition) is 2. The molecule has 3 heteroatoms. The summed E-state index contributed by atoms with van der Waals surface area (Å²) in [6.45, 7) is 0. The summed E-state index contributed by atoms with van der Waals surface area (Å²) in [6.07, 6.45) is 4.94. The van der Waals surface area contributed by atoms with Crippen LogP contribution in [0.25, 0.3) is 10.8 Å². The normalized spacial score (nSPS) is 19.2. The Bertz CT molecular complexity index is 609. The van der Waals surface area contributed by atoms with Crippen LogP contribution in [0.5, 0.6) is 0 Å². The van der Waals surface area contributed by atoms with Gasteiger partial charge in [-0.05, 0) is 43.3 Å². The van der Waals surface area contributed by atoms with Gasteiger partial charge in [0.05, 0.1) is 6.04 Å². The van der Waals surface area contributed by atoms with Gasteiger partial charge < -0.3 is 4.90 Å². The van der Waals surface area contributed by atoms with E-state index in [-0.39, 0.29) is 11.6 Å². The van der Waals surface area contributed by atoms with Crippen molar-refractivity contribution < 1.29 is 0 Å². The molecule has 3 nitrogen and oxygen atoms in total. The van der Waals surface area contributed by atoms with Crippen LogP contribution in [0.3, 0.4) is 0 Å². The summed E-state index contributed by atoms with van der Waals surface area (Å²) in [5.41, 5.74) is 4.55. The zero-order chi connectivity index (χ0) is 14.9. The second-order valence-corrected chi connectivity index (χ2v) is 6.37. The van der Waals surface area contributed by atoms with Crippen molar-refractivity contribution in [2.75, 3.05) is 14.1 Å². The average molecular weight is 283 g/mol. The van der Waals surface area contributed by atoms with Crippen LogP contribution in [0.4, 0.5) is 0 Å². The Hall–Kier alpha value is -1.42. The second kappa shape index (κ2) is 5.76. The molecule has 1 saturated carbocycles. The van der Waals surface area contributed by atoms with Gasteiger partial charge in [-0.3, -0.25) is 11.3 Å². The number of hydrazine groups is 1. The summed E-state index contributed by atoms with van der Waals surface area (Å²) in [5.74, 6) is 6.02. The molecule has 21 heavy (non-hydrogen) atoms. The smallest absolute Gasteiger partial charge is 0.0649 e. The molecule has 0 radical (unpaired) electrons. The van der Waals surface area contributed by atoms with E-state index in [2.05, 4.69) is 66.9 Å². The first kappa shape index (κ1) is 14.5. The van der Waals surface area contributed by atoms with Gasteiger partial charge in [-0.15, -0.1) is 0 Å². The van der Waals surface area contributed by atoms with E-state index in [1.165, 1.54) is 42.0 Å². The molecule has 0 aromatic heterocycles. The number of rotatable bonds is 4. The molecule has 1 aliphatic rings. The van der Waals surface area contributed by atoms with Crippen molar-refractivity contribution >= 4 is 10.8 Å². The van der Waals surface area contributed by atoms with E-state index in [0.717, 1.165) is 0 Å². The third-order valence-corrected chi connectivity index (χ3v) is 5.20. The molecular weight excluding hydrogens is 258 g/mol. The first-order valence-electron chi connectivity index (χ1n) is 7.80. The minimum atomic E-state index is 0.110. The molecule has 1 fully saturated rings. The Morgan fingerprint density at radius 3 is 2.38 bits per heavy atom. The van der Waals surface area contributed by atoms with Gasteiger partial charge in [0.2, 0.25) is 0 Å². The zero-order valence-corrected chi connectivity index (χ0v) is 13.0. The molecule has 2 aromatic carbocycles. The molecule has 0 bridgehead atoms. The van der Waals surface area contributed by atoms with Crippen LogP contribution in [-0.2, 0) is 0 Å². The lowest BCUT2D eigenvalue weighted by molar-refractivity contribution is 0.105. The van der Waals surface area contributed by atoms with Gasteiger partial charge in [0.1, 0.15) is 0 Å². The molecular formula is C18H25N3. The lowest BCUT2D eigenvalue weighted by atomic mass is 9.81. The first-order chi connectivity index (χ1) is 10.2. The second-order valence-electron chi connectivity index (χ2n) is 6.37. The Kier molecular flexibility index (Phi) is 3.98. The number of nitrogens with two attached hydrogens (primary N) is 1. The van der Waals surface area contributed by atoms with E-state index >= 15 is 0 Å². The fourth-order valence-electron chi connectivity index (χ4n) is 4.02. The molecule has 3 rings (SSSR count). The van der Waals surface area contributed by atoms with Crippen molar-refractivity contribution in [3.05, 3.63) is 48.0 Å². The Balaban J connectivity index is 2.14. The molecule has 0 heterocycles. The zero-order valence-electron chi connectivity index (χ0n) is 13.0. The van der Waals surface area contributed by atoms with Gasteiger partial charge in [0, 0.05) is 5.54 Å². The van der Waals surface area contributed by atoms with Gasteiger partial charge in [0.25, 0.3) is 0 Å². The molecule has 0 saturated heterocycles. The monoisotopic (exact) mass is 283 g/mol. The van der Waals surface area contributed by atoms with E-state index in [1.807, 2.05) is 0 Å². The van der Waals surface area contributed by atoms with Gasteiger partial charge in [0.15, 0.2) is 0 Å². The number of nitrogens with one attached hydrogen (secondary N) is 1. The molecule has 112 valence electrons. The van der Waals surface area contributed by atoms with E-state index < -0.39 is 0 Å². The quantitative estimate of drug-likeness (QED) is 0.668. The maximum absolute atomic E-state index is 6.02. The minimum Gasteiger partial charge on any atom is -0.302 e. The van der Waals surface area contributed by atoms with Crippen molar-refractivity contribution in [1.82, 2.24) is 10.3 Å². The maximum atomic E-state index is 6.02. The van der Waals surface area contributed by atoms with Gasteiger partial charge in [-0.1, -0.05) is 55.3 Å². The van der Waals surface area contributed by atoms with Crippen LogP contribution in [0, 0.1) is 0 Å². The Labute approximate surface area is 127 Å². The number of hydrogen-bond acceptors (Lipinski definition) is 3. The fourth-order valence-corrected chi connectivity index (χ4v) is 4.02. The number of likely N-dealkylation sites (N-methyl/N-ethyl adjacent to an activating group) is 1. The molecule has 0 spiro atoms. The number of fused-ring (bicyclic) bond motifs is 1. The molecule has 1 aliphatic carbocycles. The lowest BCUT2D eigenvalue weighted by Gasteiger charge is -2.43. The maximum Gasteiger partial charge on any atom is 0.0649 e. The Morgan fingerprint density at radius 1 is 1.05 bits per heavy atom. The molecule has 0 aliphatic heterocycles. The van der Waals surface area contributed by atoms with Gasteiger partial charge in [-0.25, -0.2) is 0 Å². The topological polar surface area (TPSA) is 41.3 Å². The highest BCUT2D eigenvalue weighted by Crippen LogP contribution is 2.44. The van der Waals surface area contributed by atoms with E-state index in [0.29, 0.717) is 0 Å². The van der Waals surface area contributed by atoms with Gasteiger partial charge in [-0.2, -0.15) is 0 Å². The van der Waals surface area contributed by atoms with Crippen LogP contribution < -0.4 is 11.3 Å². The van der Waals surface area contributed by atoms with Crippen molar-refractivity contribution in [2.24, 2.45) is 5.84 Å². The van der Waals surface area contributed by atoms with Crippen LogP contribution in [-0.4, -0.2) is 24.5 Å². The fraction of sp³-hybridized carbons (Fsp3) is 0.444. The van der Waals surface area contributed by atoms with Crippen molar-refractivity contribution in [3.63, 3.8) is 0 Å². The number of benzene rings is 2. The summed E-state index contributed by atoms with van der Waals surface area (Å²) in [6, 6.07) is 15.3. The highest BCUT2D eigenvalue weighted by atomic mass is 15.3. The Morgan fingerprint density at radius 2 is 1.71 bits per heavy atom. The van der Waals surface area contributed by atoms with Crippen LogP contribution in [0.2, 0.25) is 0 Å². The van der Waals surface area contributed by atoms with E-state index in [4.69, 9.17) is 5.84 Å². The predicted octanol–water partition coefficient (Wildman–Crippen LogP) is 3.22. The minimum absolute atomic E-state index is 0.110. The highest BCUT2D eigenvalue weighted by molar-refractivity contribution is 5.86. The predicted molar refractivity (Wildman–Crippen MR) is 88.9 cm³/mol. The third kappa shape index (κ3) is 2.35. The van der Waals surface area contributed by atoms with E-state index in [1.54, 1.807) is 0 Å². The van der Waals surface area contributed by atoms with Crippen molar-refractivity contribution in [2.45, 2.75) is 37.3 Å². The van der Waals surface area contributed by atoms with Crippen LogP contribution >= 0.6 is 0 Å². The molecule has 0 amide bonds. The molecule has 1 atom stereocenters. The highest BCUT2D eigenvalue weighted by Gasteiger charge is 2.43.